The molecule has 2 rings (SSSR count). The van der Waals surface area contributed by atoms with Crippen molar-refractivity contribution in [3.05, 3.63) is 43.7 Å². The number of ether oxygens (including phenoxy) is 2. The zero-order chi connectivity index (χ0) is 13.8. The highest BCUT2D eigenvalue weighted by molar-refractivity contribution is 14.1. The Hall–Kier alpha value is -0.790. The number of hydrogen-bond donors (Lipinski definition) is 1. The first-order chi connectivity index (χ1) is 9.13. The molecule has 102 valence electrons. The van der Waals surface area contributed by atoms with E-state index in [-0.39, 0.29) is 6.04 Å². The quantitative estimate of drug-likeness (QED) is 0.795. The number of benzene rings is 1. The molecule has 3 nitrogen and oxygen atoms in total. The van der Waals surface area contributed by atoms with Crippen LogP contribution in [0, 0.1) is 2.88 Å². The Morgan fingerprint density at radius 1 is 1.21 bits per heavy atom. The summed E-state index contributed by atoms with van der Waals surface area (Å²) in [6, 6.07) is 8.07. The van der Waals surface area contributed by atoms with E-state index < -0.39 is 0 Å². The van der Waals surface area contributed by atoms with Gasteiger partial charge in [0.1, 0.15) is 0 Å². The third kappa shape index (κ3) is 3.61. The maximum atomic E-state index is 6.23. The van der Waals surface area contributed by atoms with E-state index in [1.807, 2.05) is 18.2 Å². The molecule has 0 saturated heterocycles. The Labute approximate surface area is 130 Å². The molecule has 0 radical (unpaired) electrons. The molecular formula is C14H16INO2S. The minimum atomic E-state index is 0.0119. The lowest BCUT2D eigenvalue weighted by Gasteiger charge is -2.13. The monoisotopic (exact) mass is 389 g/mol. The van der Waals surface area contributed by atoms with Crippen molar-refractivity contribution in [1.82, 2.24) is 0 Å². The molecule has 0 fully saturated rings. The molecule has 0 aliphatic heterocycles. The Bertz CT molecular complexity index is 556. The Balaban J connectivity index is 2.14. The lowest BCUT2D eigenvalue weighted by Crippen LogP contribution is -2.12. The second kappa shape index (κ2) is 6.58. The molecule has 2 N–H and O–H groups in total. The van der Waals surface area contributed by atoms with Crippen LogP contribution in [0.25, 0.3) is 0 Å². The maximum Gasteiger partial charge on any atom is 0.160 e. The van der Waals surface area contributed by atoms with Gasteiger partial charge in [-0.2, -0.15) is 0 Å². The van der Waals surface area contributed by atoms with Crippen molar-refractivity contribution >= 4 is 33.9 Å². The fourth-order valence-electron chi connectivity index (χ4n) is 1.90. The third-order valence-electron chi connectivity index (χ3n) is 2.92. The van der Waals surface area contributed by atoms with Crippen LogP contribution in [-0.2, 0) is 6.42 Å². The number of methoxy groups -OCH3 is 2. The molecule has 1 unspecified atom stereocenters. The van der Waals surface area contributed by atoms with Crippen LogP contribution in [0.4, 0.5) is 0 Å². The molecule has 1 heterocycles. The van der Waals surface area contributed by atoms with Crippen LogP contribution in [0.15, 0.2) is 29.6 Å². The van der Waals surface area contributed by atoms with Gasteiger partial charge in [0.25, 0.3) is 0 Å². The van der Waals surface area contributed by atoms with E-state index in [1.165, 1.54) is 8.45 Å². The van der Waals surface area contributed by atoms with Crippen molar-refractivity contribution in [2.24, 2.45) is 5.73 Å². The van der Waals surface area contributed by atoms with Gasteiger partial charge in [0.05, 0.1) is 17.1 Å². The van der Waals surface area contributed by atoms with Gasteiger partial charge in [-0.3, -0.25) is 0 Å². The molecule has 1 atom stereocenters. The third-order valence-corrected chi connectivity index (χ3v) is 4.73. The first kappa shape index (κ1) is 14.6. The lowest BCUT2D eigenvalue weighted by atomic mass is 10.0. The normalized spacial score (nSPS) is 12.2. The van der Waals surface area contributed by atoms with E-state index in [0.717, 1.165) is 23.5 Å². The summed E-state index contributed by atoms with van der Waals surface area (Å²) >= 11 is 4.03. The molecule has 19 heavy (non-hydrogen) atoms. The van der Waals surface area contributed by atoms with Crippen LogP contribution in [0.2, 0.25) is 0 Å². The topological polar surface area (TPSA) is 44.5 Å². The van der Waals surface area contributed by atoms with Crippen molar-refractivity contribution in [1.29, 1.82) is 0 Å². The Morgan fingerprint density at radius 2 is 1.95 bits per heavy atom. The van der Waals surface area contributed by atoms with Gasteiger partial charge in [-0.15, -0.1) is 11.3 Å². The van der Waals surface area contributed by atoms with Gasteiger partial charge in [0, 0.05) is 6.04 Å². The lowest BCUT2D eigenvalue weighted by molar-refractivity contribution is 0.354. The van der Waals surface area contributed by atoms with Crippen LogP contribution in [-0.4, -0.2) is 14.2 Å². The van der Waals surface area contributed by atoms with Crippen molar-refractivity contribution in [2.45, 2.75) is 12.5 Å². The second-order valence-electron chi connectivity index (χ2n) is 4.18. The molecule has 2 aromatic rings. The predicted molar refractivity (Wildman–Crippen MR) is 87.2 cm³/mol. The zero-order valence-electron chi connectivity index (χ0n) is 10.9. The fourth-order valence-corrected chi connectivity index (χ4v) is 3.33. The largest absolute Gasteiger partial charge is 0.493 e. The van der Waals surface area contributed by atoms with Gasteiger partial charge >= 0.3 is 0 Å². The fraction of sp³-hybridized carbons (Fsp3) is 0.286. The van der Waals surface area contributed by atoms with Crippen molar-refractivity contribution < 1.29 is 9.47 Å². The minimum Gasteiger partial charge on any atom is -0.493 e. The summed E-state index contributed by atoms with van der Waals surface area (Å²) < 4.78 is 11.8. The number of nitrogens with two attached hydrogens (primary N) is 1. The van der Waals surface area contributed by atoms with E-state index in [9.17, 15) is 0 Å². The number of halogens is 1. The van der Waals surface area contributed by atoms with Crippen LogP contribution in [0.5, 0.6) is 11.5 Å². The van der Waals surface area contributed by atoms with Crippen LogP contribution >= 0.6 is 33.9 Å². The van der Waals surface area contributed by atoms with Gasteiger partial charge in [0.2, 0.25) is 0 Å². The van der Waals surface area contributed by atoms with E-state index in [4.69, 9.17) is 15.2 Å². The molecule has 0 aliphatic rings. The van der Waals surface area contributed by atoms with E-state index in [2.05, 4.69) is 34.0 Å². The molecule has 0 aliphatic carbocycles. The van der Waals surface area contributed by atoms with Gasteiger partial charge in [-0.05, 0) is 63.7 Å². The summed E-state index contributed by atoms with van der Waals surface area (Å²) in [4.78, 5) is 0. The smallest absolute Gasteiger partial charge is 0.160 e. The summed E-state index contributed by atoms with van der Waals surface area (Å²) in [5, 5.41) is 2.12. The van der Waals surface area contributed by atoms with E-state index in [0.29, 0.717) is 0 Å². The molecule has 5 heteroatoms. The highest BCUT2D eigenvalue weighted by Gasteiger charge is 2.11. The van der Waals surface area contributed by atoms with Crippen molar-refractivity contribution in [2.75, 3.05) is 14.2 Å². The highest BCUT2D eigenvalue weighted by atomic mass is 127. The van der Waals surface area contributed by atoms with Crippen LogP contribution in [0.3, 0.4) is 0 Å². The van der Waals surface area contributed by atoms with Crippen molar-refractivity contribution in [3.63, 3.8) is 0 Å². The standard InChI is InChI=1S/C14H16INO2S/c1-17-12-4-3-9(6-13(12)18-2)5-11(16)10-7-14(15)19-8-10/h3-4,6-8,11H,5,16H2,1-2H3. The molecular weight excluding hydrogens is 373 g/mol. The summed E-state index contributed by atoms with van der Waals surface area (Å²) in [5.41, 5.74) is 8.56. The average molecular weight is 389 g/mol. The molecule has 0 spiro atoms. The van der Waals surface area contributed by atoms with Gasteiger partial charge in [-0.25, -0.2) is 0 Å². The van der Waals surface area contributed by atoms with Gasteiger partial charge < -0.3 is 15.2 Å². The molecule has 1 aromatic carbocycles. The molecule has 0 amide bonds. The van der Waals surface area contributed by atoms with Gasteiger partial charge in [-0.1, -0.05) is 6.07 Å². The SMILES string of the molecule is COc1ccc(CC(N)c2csc(I)c2)cc1OC. The zero-order valence-corrected chi connectivity index (χ0v) is 13.8. The van der Waals surface area contributed by atoms with Crippen LogP contribution in [0.1, 0.15) is 17.2 Å². The highest BCUT2D eigenvalue weighted by Crippen LogP contribution is 2.30. The molecule has 0 bridgehead atoms. The maximum absolute atomic E-state index is 6.23. The minimum absolute atomic E-state index is 0.0119. The number of hydrogen-bond acceptors (Lipinski definition) is 4. The second-order valence-corrected chi connectivity index (χ2v) is 6.99. The summed E-state index contributed by atoms with van der Waals surface area (Å²) in [7, 11) is 3.28. The van der Waals surface area contributed by atoms with Gasteiger partial charge in [0.15, 0.2) is 11.5 Å². The summed E-state index contributed by atoms with van der Waals surface area (Å²) in [6.07, 6.45) is 0.785. The molecule has 1 aromatic heterocycles. The number of rotatable bonds is 5. The predicted octanol–water partition coefficient (Wildman–Crippen LogP) is 3.61. The number of thiophene rings is 1. The Morgan fingerprint density at radius 3 is 2.53 bits per heavy atom. The van der Waals surface area contributed by atoms with Crippen LogP contribution < -0.4 is 15.2 Å². The van der Waals surface area contributed by atoms with Crippen molar-refractivity contribution in [3.8, 4) is 11.5 Å². The molecule has 0 saturated carbocycles. The Kier molecular flexibility index (Phi) is 5.06. The summed E-state index contributed by atoms with van der Waals surface area (Å²) in [5.74, 6) is 1.48. The van der Waals surface area contributed by atoms with E-state index in [1.54, 1.807) is 25.6 Å². The first-order valence-electron chi connectivity index (χ1n) is 5.84. The first-order valence-corrected chi connectivity index (χ1v) is 7.80. The average Bonchev–Trinajstić information content (AvgIpc) is 2.85. The van der Waals surface area contributed by atoms with E-state index >= 15 is 0 Å². The summed E-state index contributed by atoms with van der Waals surface area (Å²) in [6.45, 7) is 0.